The molecular weight excluding hydrogens is 330 g/mol. The van der Waals surface area contributed by atoms with Crippen LogP contribution in [0.25, 0.3) is 0 Å². The van der Waals surface area contributed by atoms with Crippen LogP contribution in [0.15, 0.2) is 10.3 Å². The number of ether oxygens (including phenoxy) is 1. The van der Waals surface area contributed by atoms with Gasteiger partial charge >= 0.3 is 0 Å². The average Bonchev–Trinajstić information content (AvgIpc) is 3.00. The summed E-state index contributed by atoms with van der Waals surface area (Å²) in [4.78, 5) is 39.4. The molecule has 0 unspecified atom stereocenters. The van der Waals surface area contributed by atoms with Crippen molar-refractivity contribution in [1.82, 2.24) is 15.0 Å². The molecule has 24 heavy (non-hydrogen) atoms. The van der Waals surface area contributed by atoms with Crippen LogP contribution in [0.3, 0.4) is 0 Å². The Kier molecular flexibility index (Phi) is 3.81. The molecule has 9 heteroatoms. The topological polar surface area (TPSA) is 100 Å². The number of fused-ring (bicyclic) bond motifs is 1. The standard InChI is InChI=1S/C15H17N5O3S/c1-8-12(24-7-16-8)9-6-10(21)17-13-11(9)14(22)19-15(18-13)20-2-4-23-5-3-20/h7,9H,2-6H2,1H3,(H2,17,18,19,21,22)/t9-/m1/s1. The van der Waals surface area contributed by atoms with Crippen LogP contribution in [-0.4, -0.2) is 47.2 Å². The van der Waals surface area contributed by atoms with Crippen LogP contribution in [0, 0.1) is 6.92 Å². The van der Waals surface area contributed by atoms with Crippen molar-refractivity contribution in [3.05, 3.63) is 32.0 Å². The van der Waals surface area contributed by atoms with E-state index in [1.54, 1.807) is 5.51 Å². The van der Waals surface area contributed by atoms with Crippen molar-refractivity contribution in [2.75, 3.05) is 36.5 Å². The zero-order chi connectivity index (χ0) is 16.7. The van der Waals surface area contributed by atoms with E-state index in [0.717, 1.165) is 10.6 Å². The minimum Gasteiger partial charge on any atom is -0.378 e. The second-order valence-corrected chi connectivity index (χ2v) is 6.74. The Bertz CT molecular complexity index is 840. The molecule has 2 aromatic rings. The lowest BCUT2D eigenvalue weighted by Crippen LogP contribution is -2.40. The third kappa shape index (κ3) is 2.59. The second-order valence-electron chi connectivity index (χ2n) is 5.86. The lowest BCUT2D eigenvalue weighted by molar-refractivity contribution is -0.116. The summed E-state index contributed by atoms with van der Waals surface area (Å²) in [6.45, 7) is 4.40. The van der Waals surface area contributed by atoms with Gasteiger partial charge in [-0.15, -0.1) is 11.3 Å². The van der Waals surface area contributed by atoms with Gasteiger partial charge in [-0.05, 0) is 6.92 Å². The van der Waals surface area contributed by atoms with Crippen LogP contribution in [0.5, 0.6) is 0 Å². The van der Waals surface area contributed by atoms with Gasteiger partial charge in [0, 0.05) is 30.3 Å². The van der Waals surface area contributed by atoms with Crippen molar-refractivity contribution in [2.45, 2.75) is 19.3 Å². The van der Waals surface area contributed by atoms with Crippen LogP contribution in [0.4, 0.5) is 11.8 Å². The van der Waals surface area contributed by atoms with E-state index >= 15 is 0 Å². The number of aromatic amines is 1. The quantitative estimate of drug-likeness (QED) is 0.835. The van der Waals surface area contributed by atoms with Crippen molar-refractivity contribution in [3.63, 3.8) is 0 Å². The lowest BCUT2D eigenvalue weighted by Gasteiger charge is -2.29. The molecule has 1 amide bonds. The third-order valence-electron chi connectivity index (χ3n) is 4.35. The number of anilines is 2. The first-order chi connectivity index (χ1) is 11.6. The molecule has 0 radical (unpaired) electrons. The van der Waals surface area contributed by atoms with Crippen LogP contribution in [-0.2, 0) is 9.53 Å². The van der Waals surface area contributed by atoms with Crippen LogP contribution < -0.4 is 15.8 Å². The first-order valence-electron chi connectivity index (χ1n) is 7.80. The summed E-state index contributed by atoms with van der Waals surface area (Å²) in [7, 11) is 0. The summed E-state index contributed by atoms with van der Waals surface area (Å²) in [5.41, 5.74) is 2.89. The van der Waals surface area contributed by atoms with Crippen molar-refractivity contribution < 1.29 is 9.53 Å². The largest absolute Gasteiger partial charge is 0.378 e. The number of thiazole rings is 1. The predicted molar refractivity (Wildman–Crippen MR) is 89.8 cm³/mol. The smallest absolute Gasteiger partial charge is 0.258 e. The van der Waals surface area contributed by atoms with E-state index in [0.29, 0.717) is 43.6 Å². The minimum atomic E-state index is -0.295. The van der Waals surface area contributed by atoms with Crippen molar-refractivity contribution in [2.24, 2.45) is 0 Å². The summed E-state index contributed by atoms with van der Waals surface area (Å²) in [6, 6.07) is 0. The Balaban J connectivity index is 1.79. The minimum absolute atomic E-state index is 0.133. The first kappa shape index (κ1) is 15.3. The zero-order valence-electron chi connectivity index (χ0n) is 13.2. The second kappa shape index (κ2) is 5.99. The molecule has 1 atom stereocenters. The molecule has 0 spiro atoms. The van der Waals surface area contributed by atoms with E-state index < -0.39 is 0 Å². The van der Waals surface area contributed by atoms with Gasteiger partial charge in [-0.2, -0.15) is 4.98 Å². The molecule has 1 saturated heterocycles. The van der Waals surface area contributed by atoms with Gasteiger partial charge in [0.2, 0.25) is 11.9 Å². The van der Waals surface area contributed by atoms with Crippen LogP contribution >= 0.6 is 11.3 Å². The molecule has 0 aliphatic carbocycles. The number of nitrogens with zero attached hydrogens (tertiary/aromatic N) is 3. The monoisotopic (exact) mass is 347 g/mol. The van der Waals surface area contributed by atoms with Crippen molar-refractivity contribution in [3.8, 4) is 0 Å². The summed E-state index contributed by atoms with van der Waals surface area (Å²) < 4.78 is 5.32. The number of aromatic nitrogens is 3. The van der Waals surface area contributed by atoms with Crippen LogP contribution in [0.2, 0.25) is 0 Å². The fraction of sp³-hybridized carbons (Fsp3) is 0.467. The molecule has 2 aliphatic heterocycles. The highest BCUT2D eigenvalue weighted by atomic mass is 32.1. The lowest BCUT2D eigenvalue weighted by atomic mass is 9.91. The molecule has 2 aliphatic rings. The number of carbonyl (C=O) groups excluding carboxylic acids is 1. The van der Waals surface area contributed by atoms with E-state index in [-0.39, 0.29) is 23.8 Å². The summed E-state index contributed by atoms with van der Waals surface area (Å²) in [5, 5.41) is 2.75. The normalized spacial score (nSPS) is 20.6. The fourth-order valence-corrected chi connectivity index (χ4v) is 4.07. The molecular formula is C15H17N5O3S. The Morgan fingerprint density at radius 3 is 2.83 bits per heavy atom. The summed E-state index contributed by atoms with van der Waals surface area (Å²) in [5.74, 6) is 0.404. The molecule has 8 nitrogen and oxygen atoms in total. The molecule has 0 saturated carbocycles. The molecule has 0 aromatic carbocycles. The summed E-state index contributed by atoms with van der Waals surface area (Å²) in [6.07, 6.45) is 0.234. The summed E-state index contributed by atoms with van der Waals surface area (Å²) >= 11 is 1.46. The zero-order valence-corrected chi connectivity index (χ0v) is 14.0. The van der Waals surface area contributed by atoms with Crippen molar-refractivity contribution in [1.29, 1.82) is 0 Å². The maximum Gasteiger partial charge on any atom is 0.258 e. The number of hydrogen-bond donors (Lipinski definition) is 2. The number of rotatable bonds is 2. The van der Waals surface area contributed by atoms with Crippen LogP contribution in [0.1, 0.15) is 28.5 Å². The molecule has 0 bridgehead atoms. The van der Waals surface area contributed by atoms with E-state index in [1.165, 1.54) is 11.3 Å². The molecule has 1 fully saturated rings. The first-order valence-corrected chi connectivity index (χ1v) is 8.68. The fourth-order valence-electron chi connectivity index (χ4n) is 3.15. The number of carbonyl (C=O) groups is 1. The van der Waals surface area contributed by atoms with Gasteiger partial charge in [0.25, 0.3) is 5.56 Å². The maximum absolute atomic E-state index is 12.7. The molecule has 4 heterocycles. The molecule has 4 rings (SSSR count). The van der Waals surface area contributed by atoms with Gasteiger partial charge in [-0.25, -0.2) is 4.98 Å². The highest BCUT2D eigenvalue weighted by Crippen LogP contribution is 2.37. The number of morpholine rings is 1. The number of aryl methyl sites for hydroxylation is 1. The van der Waals surface area contributed by atoms with Gasteiger partial charge in [0.1, 0.15) is 5.82 Å². The van der Waals surface area contributed by atoms with Crippen molar-refractivity contribution >= 4 is 29.0 Å². The van der Waals surface area contributed by atoms with E-state index in [1.807, 2.05) is 11.8 Å². The van der Waals surface area contributed by atoms with Gasteiger partial charge in [-0.1, -0.05) is 0 Å². The van der Waals surface area contributed by atoms with E-state index in [2.05, 4.69) is 20.3 Å². The average molecular weight is 347 g/mol. The Morgan fingerprint density at radius 1 is 1.33 bits per heavy atom. The number of nitrogens with one attached hydrogen (secondary N) is 2. The van der Waals surface area contributed by atoms with Gasteiger partial charge in [0.15, 0.2) is 0 Å². The van der Waals surface area contributed by atoms with E-state index in [4.69, 9.17) is 4.74 Å². The maximum atomic E-state index is 12.7. The van der Waals surface area contributed by atoms with Gasteiger partial charge in [0.05, 0.1) is 30.0 Å². The Labute approximate surface area is 141 Å². The SMILES string of the molecule is Cc1ncsc1[C@@H]1CC(=O)Nc2nc(N3CCOCC3)[nH]c(=O)c21. The molecule has 126 valence electrons. The highest BCUT2D eigenvalue weighted by molar-refractivity contribution is 7.09. The van der Waals surface area contributed by atoms with E-state index in [9.17, 15) is 9.59 Å². The Hall–Kier alpha value is -2.26. The number of hydrogen-bond acceptors (Lipinski definition) is 7. The highest BCUT2D eigenvalue weighted by Gasteiger charge is 2.33. The van der Waals surface area contributed by atoms with Gasteiger partial charge < -0.3 is 15.0 Å². The number of amides is 1. The molecule has 2 aromatic heterocycles. The Morgan fingerprint density at radius 2 is 2.12 bits per heavy atom. The van der Waals surface area contributed by atoms with Gasteiger partial charge in [-0.3, -0.25) is 14.6 Å². The predicted octanol–water partition coefficient (Wildman–Crippen LogP) is 0.846. The number of H-pyrrole nitrogens is 1. The molecule has 2 N–H and O–H groups in total. The third-order valence-corrected chi connectivity index (χ3v) is 5.39.